The highest BCUT2D eigenvalue weighted by Gasteiger charge is 2.60. The van der Waals surface area contributed by atoms with Crippen LogP contribution in [0.3, 0.4) is 0 Å². The molecule has 0 spiro atoms. The van der Waals surface area contributed by atoms with Crippen molar-refractivity contribution >= 4 is 23.2 Å². The Bertz CT molecular complexity index is 1070. The second-order valence-electron chi connectivity index (χ2n) is 7.28. The number of carbonyl (C=O) groups is 2. The van der Waals surface area contributed by atoms with Crippen LogP contribution >= 0.6 is 0 Å². The maximum atomic E-state index is 13.5. The molecule has 30 heavy (non-hydrogen) atoms. The van der Waals surface area contributed by atoms with E-state index in [1.807, 2.05) is 60.7 Å². The smallest absolute Gasteiger partial charge is 0.266 e. The maximum absolute atomic E-state index is 13.5. The van der Waals surface area contributed by atoms with Gasteiger partial charge in [0.15, 0.2) is 6.10 Å². The number of imide groups is 1. The van der Waals surface area contributed by atoms with Crippen LogP contribution in [-0.2, 0) is 14.4 Å². The minimum atomic E-state index is -0.870. The summed E-state index contributed by atoms with van der Waals surface area (Å²) in [5.74, 6) is -0.592. The number of methoxy groups -OCH3 is 1. The Hall–Kier alpha value is -3.64. The molecular formula is C24H20N2O4. The monoisotopic (exact) mass is 400 g/mol. The van der Waals surface area contributed by atoms with Gasteiger partial charge in [0.1, 0.15) is 11.7 Å². The highest BCUT2D eigenvalue weighted by Crippen LogP contribution is 2.47. The van der Waals surface area contributed by atoms with E-state index in [2.05, 4.69) is 0 Å². The van der Waals surface area contributed by atoms with E-state index < -0.39 is 18.1 Å². The molecule has 0 aliphatic carbocycles. The average Bonchev–Trinajstić information content (AvgIpc) is 3.31. The molecule has 150 valence electrons. The molecule has 3 aromatic rings. The zero-order valence-corrected chi connectivity index (χ0v) is 16.3. The number of fused-ring (bicyclic) bond motifs is 1. The fraction of sp³-hybridized carbons (Fsp3) is 0.167. The number of amides is 2. The molecule has 0 saturated carbocycles. The zero-order chi connectivity index (χ0) is 20.7. The summed E-state index contributed by atoms with van der Waals surface area (Å²) in [5, 5.41) is 1.70. The van der Waals surface area contributed by atoms with Crippen molar-refractivity contribution < 1.29 is 19.2 Å². The summed E-state index contributed by atoms with van der Waals surface area (Å²) in [7, 11) is 1.57. The fourth-order valence-corrected chi connectivity index (χ4v) is 4.19. The fourth-order valence-electron chi connectivity index (χ4n) is 4.19. The molecule has 0 aromatic heterocycles. The molecule has 3 aromatic carbocycles. The highest BCUT2D eigenvalue weighted by atomic mass is 16.7. The Morgan fingerprint density at radius 2 is 1.40 bits per heavy atom. The van der Waals surface area contributed by atoms with Gasteiger partial charge in [-0.1, -0.05) is 48.5 Å². The number of hydroxylamine groups is 1. The largest absolute Gasteiger partial charge is 0.497 e. The van der Waals surface area contributed by atoms with Crippen molar-refractivity contribution in [2.75, 3.05) is 17.1 Å². The average molecular weight is 400 g/mol. The molecule has 2 fully saturated rings. The van der Waals surface area contributed by atoms with Gasteiger partial charge in [-0.2, -0.15) is 0 Å². The number of nitrogens with zero attached hydrogens (tertiary/aromatic N) is 2. The lowest BCUT2D eigenvalue weighted by atomic mass is 9.90. The van der Waals surface area contributed by atoms with Crippen molar-refractivity contribution in [3.05, 3.63) is 90.5 Å². The standard InChI is InChI=1S/C24H20N2O4/c1-29-19-14-12-17(13-15-19)25-23(27)20-21(16-8-4-2-5-9-16)26(30-22(20)24(25)28)18-10-6-3-7-11-18/h2-15,20-22H,1H3. The number of benzene rings is 3. The van der Waals surface area contributed by atoms with Gasteiger partial charge in [0.2, 0.25) is 5.91 Å². The van der Waals surface area contributed by atoms with Crippen LogP contribution in [-0.4, -0.2) is 25.0 Å². The number of para-hydroxylation sites is 1. The first kappa shape index (κ1) is 18.4. The Morgan fingerprint density at radius 3 is 2.03 bits per heavy atom. The molecule has 2 saturated heterocycles. The van der Waals surface area contributed by atoms with Crippen LogP contribution in [0.4, 0.5) is 11.4 Å². The molecule has 3 unspecified atom stereocenters. The van der Waals surface area contributed by atoms with E-state index in [0.29, 0.717) is 11.4 Å². The van der Waals surface area contributed by atoms with Gasteiger partial charge in [0, 0.05) is 0 Å². The lowest BCUT2D eigenvalue weighted by molar-refractivity contribution is -0.126. The summed E-state index contributed by atoms with van der Waals surface area (Å²) in [4.78, 5) is 34.1. The van der Waals surface area contributed by atoms with Crippen molar-refractivity contribution in [1.82, 2.24) is 0 Å². The first-order chi connectivity index (χ1) is 14.7. The first-order valence-corrected chi connectivity index (χ1v) is 9.77. The summed E-state index contributed by atoms with van der Waals surface area (Å²) >= 11 is 0. The van der Waals surface area contributed by atoms with Crippen molar-refractivity contribution in [3.63, 3.8) is 0 Å². The minimum absolute atomic E-state index is 0.262. The van der Waals surface area contributed by atoms with Crippen molar-refractivity contribution in [2.45, 2.75) is 12.1 Å². The molecule has 2 aliphatic rings. The topological polar surface area (TPSA) is 59.1 Å². The number of carbonyl (C=O) groups excluding carboxylic acids is 2. The van der Waals surface area contributed by atoms with Crippen LogP contribution in [0, 0.1) is 5.92 Å². The number of ether oxygens (including phenoxy) is 1. The Labute approximate surface area is 174 Å². The van der Waals surface area contributed by atoms with Gasteiger partial charge < -0.3 is 4.74 Å². The number of anilines is 2. The number of hydrogen-bond donors (Lipinski definition) is 0. The van der Waals surface area contributed by atoms with Crippen LogP contribution in [0.2, 0.25) is 0 Å². The van der Waals surface area contributed by atoms with Crippen molar-refractivity contribution in [2.24, 2.45) is 5.92 Å². The van der Waals surface area contributed by atoms with E-state index in [9.17, 15) is 9.59 Å². The number of rotatable bonds is 4. The Morgan fingerprint density at radius 1 is 0.767 bits per heavy atom. The van der Waals surface area contributed by atoms with Gasteiger partial charge in [0.25, 0.3) is 5.91 Å². The third-order valence-electron chi connectivity index (χ3n) is 5.60. The molecule has 2 heterocycles. The molecule has 0 bridgehead atoms. The molecule has 2 aliphatic heterocycles. The molecule has 3 atom stereocenters. The predicted octanol–water partition coefficient (Wildman–Crippen LogP) is 3.75. The predicted molar refractivity (Wildman–Crippen MR) is 112 cm³/mol. The summed E-state index contributed by atoms with van der Waals surface area (Å²) in [6, 6.07) is 25.7. The van der Waals surface area contributed by atoms with Crippen molar-refractivity contribution in [3.8, 4) is 5.75 Å². The molecule has 6 heteroatoms. The van der Waals surface area contributed by atoms with Gasteiger partial charge in [-0.15, -0.1) is 0 Å². The molecule has 0 radical (unpaired) electrons. The quantitative estimate of drug-likeness (QED) is 0.625. The van der Waals surface area contributed by atoms with E-state index in [0.717, 1.165) is 11.3 Å². The van der Waals surface area contributed by atoms with Gasteiger partial charge >= 0.3 is 0 Å². The zero-order valence-electron chi connectivity index (χ0n) is 16.3. The van der Waals surface area contributed by atoms with E-state index in [1.165, 1.54) is 4.90 Å². The van der Waals surface area contributed by atoms with E-state index >= 15 is 0 Å². The lowest BCUT2D eigenvalue weighted by Gasteiger charge is -2.28. The van der Waals surface area contributed by atoms with E-state index in [4.69, 9.17) is 9.57 Å². The summed E-state index contributed by atoms with van der Waals surface area (Å²) < 4.78 is 5.18. The van der Waals surface area contributed by atoms with Crippen molar-refractivity contribution in [1.29, 1.82) is 0 Å². The van der Waals surface area contributed by atoms with Gasteiger partial charge in [-0.05, 0) is 42.0 Å². The van der Waals surface area contributed by atoms with E-state index in [-0.39, 0.29) is 11.8 Å². The molecule has 2 amide bonds. The van der Waals surface area contributed by atoms with Crippen LogP contribution in [0.25, 0.3) is 0 Å². The third-order valence-corrected chi connectivity index (χ3v) is 5.60. The normalized spacial score (nSPS) is 23.0. The van der Waals surface area contributed by atoms with Gasteiger partial charge in [-0.3, -0.25) is 14.4 Å². The Balaban J connectivity index is 1.55. The van der Waals surface area contributed by atoms with Gasteiger partial charge in [0.05, 0.1) is 24.5 Å². The first-order valence-electron chi connectivity index (χ1n) is 9.77. The van der Waals surface area contributed by atoms with Gasteiger partial charge in [-0.25, -0.2) is 9.96 Å². The highest BCUT2D eigenvalue weighted by molar-refractivity contribution is 6.23. The van der Waals surface area contributed by atoms with E-state index in [1.54, 1.807) is 36.4 Å². The summed E-state index contributed by atoms with van der Waals surface area (Å²) in [6.45, 7) is 0. The second-order valence-corrected chi connectivity index (χ2v) is 7.28. The lowest BCUT2D eigenvalue weighted by Crippen LogP contribution is -2.37. The summed E-state index contributed by atoms with van der Waals surface area (Å²) in [6.07, 6.45) is -0.870. The van der Waals surface area contributed by atoms with Crippen LogP contribution < -0.4 is 14.7 Å². The minimum Gasteiger partial charge on any atom is -0.497 e. The maximum Gasteiger partial charge on any atom is 0.266 e. The van der Waals surface area contributed by atoms with Crippen LogP contribution in [0.5, 0.6) is 5.75 Å². The molecule has 5 rings (SSSR count). The Kier molecular flexibility index (Phi) is 4.48. The van der Waals surface area contributed by atoms with Crippen LogP contribution in [0.1, 0.15) is 11.6 Å². The second kappa shape index (κ2) is 7.31. The molecule has 0 N–H and O–H groups in total. The summed E-state index contributed by atoms with van der Waals surface area (Å²) in [5.41, 5.74) is 2.24. The third kappa shape index (κ3) is 2.84. The molecular weight excluding hydrogens is 380 g/mol. The van der Waals surface area contributed by atoms with Crippen LogP contribution in [0.15, 0.2) is 84.9 Å². The SMILES string of the molecule is COc1ccc(N2C(=O)C3ON(c4ccccc4)C(c4ccccc4)C3C2=O)cc1. The number of hydrogen-bond acceptors (Lipinski definition) is 5. The molecule has 6 nitrogen and oxygen atoms in total.